The van der Waals surface area contributed by atoms with Crippen molar-refractivity contribution in [3.05, 3.63) is 47.0 Å². The Morgan fingerprint density at radius 2 is 1.65 bits per heavy atom. The fraction of sp³-hybridized carbons (Fsp3) is 0.619. The quantitative estimate of drug-likeness (QED) is 0.565. The molecule has 0 spiro atoms. The lowest BCUT2D eigenvalue weighted by Gasteiger charge is -2.42. The summed E-state index contributed by atoms with van der Waals surface area (Å²) in [6, 6.07) is 3.19. The maximum atomic E-state index is 14.1. The standard InChI is InChI=1S/C21H28F2/c1-3-5-14-6-7-16-11-17(9-8-15(16)10-14)18-12-20(22)19(4-2)21(23)13-18/h3,5,12-17H,4,6-11H2,1-2H3/b5-3+. The average molecular weight is 318 g/mol. The van der Waals surface area contributed by atoms with Crippen molar-refractivity contribution in [2.24, 2.45) is 17.8 Å². The predicted octanol–water partition coefficient (Wildman–Crippen LogP) is 6.40. The van der Waals surface area contributed by atoms with Gasteiger partial charge in [0, 0.05) is 5.56 Å². The Morgan fingerprint density at radius 3 is 2.30 bits per heavy atom. The highest BCUT2D eigenvalue weighted by molar-refractivity contribution is 5.29. The highest BCUT2D eigenvalue weighted by atomic mass is 19.1. The molecule has 0 radical (unpaired) electrons. The summed E-state index contributed by atoms with van der Waals surface area (Å²) < 4.78 is 28.2. The van der Waals surface area contributed by atoms with Crippen LogP contribution in [0.3, 0.4) is 0 Å². The van der Waals surface area contributed by atoms with Crippen molar-refractivity contribution >= 4 is 0 Å². The Balaban J connectivity index is 1.71. The van der Waals surface area contributed by atoms with E-state index in [9.17, 15) is 8.78 Å². The molecule has 0 nitrogen and oxygen atoms in total. The van der Waals surface area contributed by atoms with Gasteiger partial charge in [0.2, 0.25) is 0 Å². The number of rotatable bonds is 3. The van der Waals surface area contributed by atoms with Gasteiger partial charge in [-0.3, -0.25) is 0 Å². The highest BCUT2D eigenvalue weighted by Crippen LogP contribution is 2.48. The van der Waals surface area contributed by atoms with Crippen molar-refractivity contribution in [2.45, 2.75) is 64.7 Å². The van der Waals surface area contributed by atoms with Crippen LogP contribution in [0.15, 0.2) is 24.3 Å². The molecular weight excluding hydrogens is 290 g/mol. The van der Waals surface area contributed by atoms with Gasteiger partial charge in [-0.2, -0.15) is 0 Å². The van der Waals surface area contributed by atoms with Crippen molar-refractivity contribution in [1.29, 1.82) is 0 Å². The first-order valence-electron chi connectivity index (χ1n) is 9.23. The van der Waals surface area contributed by atoms with E-state index in [0.717, 1.165) is 36.2 Å². The summed E-state index contributed by atoms with van der Waals surface area (Å²) in [4.78, 5) is 0. The molecular formula is C21H28F2. The number of benzene rings is 1. The average Bonchev–Trinajstić information content (AvgIpc) is 2.54. The third-order valence-corrected chi connectivity index (χ3v) is 6.11. The van der Waals surface area contributed by atoms with Crippen LogP contribution in [-0.2, 0) is 6.42 Å². The number of fused-ring (bicyclic) bond motifs is 1. The van der Waals surface area contributed by atoms with Gasteiger partial charge in [0.05, 0.1) is 0 Å². The molecule has 2 aliphatic rings. The van der Waals surface area contributed by atoms with E-state index in [1.165, 1.54) is 25.7 Å². The molecule has 0 aliphatic heterocycles. The summed E-state index contributed by atoms with van der Waals surface area (Å²) in [7, 11) is 0. The Bertz CT molecular complexity index is 552. The summed E-state index contributed by atoms with van der Waals surface area (Å²) in [5.74, 6) is 1.92. The lowest BCUT2D eigenvalue weighted by Crippen LogP contribution is -2.30. The van der Waals surface area contributed by atoms with E-state index in [1.807, 2.05) is 0 Å². The van der Waals surface area contributed by atoms with Gasteiger partial charge in [0.1, 0.15) is 11.6 Å². The largest absolute Gasteiger partial charge is 0.207 e. The minimum absolute atomic E-state index is 0.231. The van der Waals surface area contributed by atoms with Gasteiger partial charge < -0.3 is 0 Å². The van der Waals surface area contributed by atoms with Crippen molar-refractivity contribution in [2.75, 3.05) is 0 Å². The smallest absolute Gasteiger partial charge is 0.129 e. The van der Waals surface area contributed by atoms with E-state index >= 15 is 0 Å². The maximum Gasteiger partial charge on any atom is 0.129 e. The monoisotopic (exact) mass is 318 g/mol. The van der Waals surface area contributed by atoms with E-state index in [4.69, 9.17) is 0 Å². The second-order valence-electron chi connectivity index (χ2n) is 7.45. The molecule has 2 saturated carbocycles. The van der Waals surface area contributed by atoms with Crippen molar-refractivity contribution in [3.63, 3.8) is 0 Å². The Kier molecular flexibility index (Phi) is 5.18. The maximum absolute atomic E-state index is 14.1. The molecule has 0 N–H and O–H groups in total. The summed E-state index contributed by atoms with van der Waals surface area (Å²) in [5, 5.41) is 0. The molecule has 0 amide bonds. The normalized spacial score (nSPS) is 31.3. The second kappa shape index (κ2) is 7.15. The summed E-state index contributed by atoms with van der Waals surface area (Å²) in [5.41, 5.74) is 1.11. The molecule has 0 heterocycles. The van der Waals surface area contributed by atoms with Crippen LogP contribution in [0.25, 0.3) is 0 Å². The lowest BCUT2D eigenvalue weighted by molar-refractivity contribution is 0.133. The van der Waals surface area contributed by atoms with Crippen molar-refractivity contribution in [1.82, 2.24) is 0 Å². The summed E-state index contributed by atoms with van der Waals surface area (Å²) in [6.45, 7) is 3.90. The first-order chi connectivity index (χ1) is 11.1. The molecule has 0 bridgehead atoms. The van der Waals surface area contributed by atoms with Gasteiger partial charge >= 0.3 is 0 Å². The van der Waals surface area contributed by atoms with E-state index < -0.39 is 0 Å². The van der Waals surface area contributed by atoms with Gasteiger partial charge in [0.15, 0.2) is 0 Å². The SMILES string of the molecule is C/C=C/C1CCC2CC(c3cc(F)c(CC)c(F)c3)CCC2C1. The Labute approximate surface area is 139 Å². The number of allylic oxidation sites excluding steroid dienone is 2. The Hall–Kier alpha value is -1.18. The highest BCUT2D eigenvalue weighted by Gasteiger charge is 2.35. The van der Waals surface area contributed by atoms with E-state index in [-0.39, 0.29) is 17.2 Å². The zero-order valence-corrected chi connectivity index (χ0v) is 14.3. The molecule has 0 aromatic heterocycles. The van der Waals surface area contributed by atoms with Gasteiger partial charge in [0.25, 0.3) is 0 Å². The predicted molar refractivity (Wildman–Crippen MR) is 91.5 cm³/mol. The number of halogens is 2. The molecule has 2 fully saturated rings. The molecule has 1 aromatic rings. The molecule has 4 atom stereocenters. The molecule has 0 saturated heterocycles. The van der Waals surface area contributed by atoms with Crippen molar-refractivity contribution in [3.8, 4) is 0 Å². The topological polar surface area (TPSA) is 0 Å². The number of hydrogen-bond donors (Lipinski definition) is 0. The van der Waals surface area contributed by atoms with Crippen LogP contribution < -0.4 is 0 Å². The van der Waals surface area contributed by atoms with E-state index in [0.29, 0.717) is 12.3 Å². The van der Waals surface area contributed by atoms with Gasteiger partial charge in [-0.25, -0.2) is 8.78 Å². The van der Waals surface area contributed by atoms with Crippen LogP contribution in [0, 0.1) is 29.4 Å². The fourth-order valence-electron chi connectivity index (χ4n) is 4.87. The third kappa shape index (κ3) is 3.51. The third-order valence-electron chi connectivity index (χ3n) is 6.11. The molecule has 3 rings (SSSR count). The lowest BCUT2D eigenvalue weighted by atomic mass is 9.64. The van der Waals surface area contributed by atoms with E-state index in [1.54, 1.807) is 19.1 Å². The molecule has 126 valence electrons. The van der Waals surface area contributed by atoms with Gasteiger partial charge in [-0.05, 0) is 93.2 Å². The minimum atomic E-state index is -0.360. The van der Waals surface area contributed by atoms with Gasteiger partial charge in [-0.15, -0.1) is 0 Å². The summed E-state index contributed by atoms with van der Waals surface area (Å²) >= 11 is 0. The van der Waals surface area contributed by atoms with Crippen LogP contribution in [0.2, 0.25) is 0 Å². The van der Waals surface area contributed by atoms with Crippen LogP contribution >= 0.6 is 0 Å². The van der Waals surface area contributed by atoms with Crippen LogP contribution in [0.5, 0.6) is 0 Å². The van der Waals surface area contributed by atoms with E-state index in [2.05, 4.69) is 19.1 Å². The molecule has 2 aliphatic carbocycles. The Morgan fingerprint density at radius 1 is 1.00 bits per heavy atom. The first kappa shape index (κ1) is 16.7. The second-order valence-corrected chi connectivity index (χ2v) is 7.45. The molecule has 23 heavy (non-hydrogen) atoms. The van der Waals surface area contributed by atoms with Crippen LogP contribution in [0.1, 0.15) is 69.4 Å². The van der Waals surface area contributed by atoms with Crippen molar-refractivity contribution < 1.29 is 8.78 Å². The first-order valence-corrected chi connectivity index (χ1v) is 9.23. The zero-order valence-electron chi connectivity index (χ0n) is 14.3. The minimum Gasteiger partial charge on any atom is -0.207 e. The summed E-state index contributed by atoms with van der Waals surface area (Å²) in [6.07, 6.45) is 12.2. The van der Waals surface area contributed by atoms with Crippen LogP contribution in [-0.4, -0.2) is 0 Å². The van der Waals surface area contributed by atoms with Gasteiger partial charge in [-0.1, -0.05) is 19.1 Å². The zero-order chi connectivity index (χ0) is 16.4. The fourth-order valence-corrected chi connectivity index (χ4v) is 4.87. The molecule has 4 unspecified atom stereocenters. The van der Waals surface area contributed by atoms with Crippen LogP contribution in [0.4, 0.5) is 8.78 Å². The molecule has 1 aromatic carbocycles. The molecule has 2 heteroatoms. The number of hydrogen-bond acceptors (Lipinski definition) is 0.